The molecule has 1 aliphatic heterocycles. The molecule has 0 aliphatic carbocycles. The van der Waals surface area contributed by atoms with Gasteiger partial charge in [-0.3, -0.25) is 19.1 Å². The number of fused-ring (bicyclic) bond motifs is 1. The van der Waals surface area contributed by atoms with Crippen LogP contribution in [0, 0.1) is 32.1 Å². The lowest BCUT2D eigenvalue weighted by atomic mass is 9.97. The summed E-state index contributed by atoms with van der Waals surface area (Å²) < 4.78 is 8.11. The number of rotatable bonds is 12. The fourth-order valence-electron chi connectivity index (χ4n) is 5.98. The van der Waals surface area contributed by atoms with E-state index < -0.39 is 12.1 Å². The van der Waals surface area contributed by atoms with Gasteiger partial charge >= 0.3 is 0 Å². The molecule has 12 nitrogen and oxygen atoms in total. The Labute approximate surface area is 288 Å². The molecule has 1 saturated heterocycles. The van der Waals surface area contributed by atoms with Gasteiger partial charge < -0.3 is 19.9 Å². The van der Waals surface area contributed by atoms with E-state index in [0.717, 1.165) is 23.2 Å². The highest BCUT2D eigenvalue weighted by Crippen LogP contribution is 2.34. The predicted molar refractivity (Wildman–Crippen MR) is 186 cm³/mol. The lowest BCUT2D eigenvalue weighted by molar-refractivity contribution is -0.139. The van der Waals surface area contributed by atoms with E-state index in [1.807, 2.05) is 57.1 Å². The number of aromatic nitrogens is 5. The monoisotopic (exact) mass is 714 g/mol. The minimum Gasteiger partial charge on any atom is -0.380 e. The van der Waals surface area contributed by atoms with Crippen molar-refractivity contribution in [2.75, 3.05) is 39.2 Å². The van der Waals surface area contributed by atoms with Crippen LogP contribution < -0.4 is 5.32 Å². The lowest BCUT2D eigenvalue weighted by Crippen LogP contribution is -2.49. The van der Waals surface area contributed by atoms with Gasteiger partial charge in [-0.05, 0) is 79.6 Å². The molecule has 4 heterocycles. The number of halogens is 1. The van der Waals surface area contributed by atoms with E-state index in [9.17, 15) is 14.4 Å². The Morgan fingerprint density at radius 2 is 1.88 bits per heavy atom. The summed E-state index contributed by atoms with van der Waals surface area (Å²) in [6.45, 7) is 6.47. The Morgan fingerprint density at radius 1 is 1.12 bits per heavy atom. The third-order valence-corrected chi connectivity index (χ3v) is 8.93. The number of terminal acetylenes is 1. The van der Waals surface area contributed by atoms with Gasteiger partial charge in [-0.2, -0.15) is 5.10 Å². The fourth-order valence-corrected chi connectivity index (χ4v) is 6.29. The molecule has 2 amide bonds. The van der Waals surface area contributed by atoms with E-state index in [-0.39, 0.29) is 42.2 Å². The van der Waals surface area contributed by atoms with E-state index in [1.165, 1.54) is 11.6 Å². The number of anilines is 1. The molecular formula is C35H39BrN8O4. The number of ketones is 1. The normalized spacial score (nSPS) is 17.5. The van der Waals surface area contributed by atoms with Crippen molar-refractivity contribution >= 4 is 50.2 Å². The Kier molecular flexibility index (Phi) is 11.0. The molecule has 3 atom stereocenters. The second kappa shape index (κ2) is 15.1. The van der Waals surface area contributed by atoms with Crippen molar-refractivity contribution in [3.63, 3.8) is 0 Å². The van der Waals surface area contributed by atoms with Gasteiger partial charge in [0, 0.05) is 55.2 Å². The zero-order valence-corrected chi connectivity index (χ0v) is 29.3. The summed E-state index contributed by atoms with van der Waals surface area (Å²) in [4.78, 5) is 57.6. The fraction of sp³-hybridized carbons (Fsp3) is 0.400. The standard InChI is InChI=1S/C35H39BrN8O4/c1-7-8-28-25(20-48-14-13-42(5)6)16-30(35(47)40-34-21(2)9-12-31(36)39-34)44(28)32(46)19-43-29-11-10-24(26-17-37-23(4)38-18-26)15-27(29)33(41-43)22(3)45/h1,9-12,15,17-18,25,28,30H,8,13-14,16,19-20H2,2-6H3,(H,39,40,47)/t25-,28-,30+/m1/s1. The molecule has 1 aromatic carbocycles. The van der Waals surface area contributed by atoms with Crippen LogP contribution in [0.4, 0.5) is 5.82 Å². The number of nitrogens with zero attached hydrogens (tertiary/aromatic N) is 7. The van der Waals surface area contributed by atoms with Gasteiger partial charge in [0.1, 0.15) is 34.5 Å². The number of hydrogen-bond donors (Lipinski definition) is 1. The number of Topliss-reactive ketones (excluding diaryl/α,β-unsaturated/α-hetero) is 1. The Balaban J connectivity index is 1.48. The first-order valence-corrected chi connectivity index (χ1v) is 16.5. The molecule has 0 radical (unpaired) electrons. The van der Waals surface area contributed by atoms with Crippen LogP contribution in [-0.4, -0.2) is 98.1 Å². The summed E-state index contributed by atoms with van der Waals surface area (Å²) in [5.41, 5.74) is 3.23. The van der Waals surface area contributed by atoms with E-state index in [4.69, 9.17) is 11.2 Å². The number of nitrogens with one attached hydrogen (secondary N) is 1. The van der Waals surface area contributed by atoms with Crippen LogP contribution in [0.25, 0.3) is 22.0 Å². The van der Waals surface area contributed by atoms with Crippen LogP contribution in [0.15, 0.2) is 47.3 Å². The average molecular weight is 716 g/mol. The third kappa shape index (κ3) is 7.78. The highest BCUT2D eigenvalue weighted by molar-refractivity contribution is 9.10. The molecule has 4 aromatic rings. The summed E-state index contributed by atoms with van der Waals surface area (Å²) in [7, 11) is 3.93. The van der Waals surface area contributed by atoms with Crippen LogP contribution in [0.2, 0.25) is 0 Å². The maximum atomic E-state index is 14.3. The van der Waals surface area contributed by atoms with Crippen molar-refractivity contribution in [2.24, 2.45) is 5.92 Å². The number of carbonyl (C=O) groups is 3. The Bertz CT molecular complexity index is 1870. The topological polar surface area (TPSA) is 135 Å². The van der Waals surface area contributed by atoms with Crippen molar-refractivity contribution in [1.29, 1.82) is 0 Å². The number of likely N-dealkylation sites (N-methyl/N-ethyl adjacent to an activating group) is 1. The second-order valence-electron chi connectivity index (χ2n) is 12.3. The average Bonchev–Trinajstić information content (AvgIpc) is 3.59. The lowest BCUT2D eigenvalue weighted by Gasteiger charge is -2.30. The Morgan fingerprint density at radius 3 is 2.56 bits per heavy atom. The summed E-state index contributed by atoms with van der Waals surface area (Å²) in [6, 6.07) is 7.92. The summed E-state index contributed by atoms with van der Waals surface area (Å²) in [6.07, 6.45) is 9.88. The van der Waals surface area contributed by atoms with E-state index >= 15 is 0 Å². The highest BCUT2D eigenvalue weighted by atomic mass is 79.9. The van der Waals surface area contributed by atoms with Crippen LogP contribution in [-0.2, 0) is 20.9 Å². The van der Waals surface area contributed by atoms with Crippen LogP contribution in [0.5, 0.6) is 0 Å². The summed E-state index contributed by atoms with van der Waals surface area (Å²) in [5.74, 6) is 2.64. The summed E-state index contributed by atoms with van der Waals surface area (Å²) in [5, 5.41) is 8.11. The zero-order chi connectivity index (χ0) is 34.5. The van der Waals surface area contributed by atoms with Gasteiger partial charge in [-0.15, -0.1) is 12.3 Å². The van der Waals surface area contributed by atoms with E-state index in [1.54, 1.807) is 23.4 Å². The van der Waals surface area contributed by atoms with Crippen LogP contribution in [0.1, 0.15) is 41.6 Å². The minimum absolute atomic E-state index is 0.180. The minimum atomic E-state index is -0.833. The van der Waals surface area contributed by atoms with Crippen molar-refractivity contribution in [3.05, 3.63) is 64.4 Å². The SMILES string of the molecule is C#CC[C@@H]1[C@@H](COCCN(C)C)C[C@@H](C(=O)Nc2nc(Br)ccc2C)N1C(=O)Cn1nc(C(C)=O)c2cc(-c3cnc(C)nc3)ccc21. The largest absolute Gasteiger partial charge is 0.380 e. The summed E-state index contributed by atoms with van der Waals surface area (Å²) >= 11 is 3.37. The molecule has 1 aliphatic rings. The molecule has 5 rings (SSSR count). The van der Waals surface area contributed by atoms with E-state index in [0.29, 0.717) is 46.8 Å². The van der Waals surface area contributed by atoms with Gasteiger partial charge in [0.05, 0.1) is 18.7 Å². The van der Waals surface area contributed by atoms with Crippen molar-refractivity contribution in [1.82, 2.24) is 34.5 Å². The van der Waals surface area contributed by atoms with Gasteiger partial charge in [-0.1, -0.05) is 12.1 Å². The number of carbonyl (C=O) groups excluding carboxylic acids is 3. The predicted octanol–water partition coefficient (Wildman–Crippen LogP) is 4.30. The first kappa shape index (κ1) is 34.8. The number of hydrogen-bond acceptors (Lipinski definition) is 9. The van der Waals surface area contributed by atoms with Crippen molar-refractivity contribution in [3.8, 4) is 23.5 Å². The van der Waals surface area contributed by atoms with Gasteiger partial charge in [0.2, 0.25) is 11.8 Å². The zero-order valence-electron chi connectivity index (χ0n) is 27.7. The number of aryl methyl sites for hydroxylation is 2. The molecule has 0 bridgehead atoms. The van der Waals surface area contributed by atoms with Gasteiger partial charge in [0.25, 0.3) is 0 Å². The molecule has 1 N–H and O–H groups in total. The quantitative estimate of drug-likeness (QED) is 0.0987. The smallest absolute Gasteiger partial charge is 0.248 e. The Hall–Kier alpha value is -4.51. The first-order chi connectivity index (χ1) is 23.0. The molecule has 0 unspecified atom stereocenters. The van der Waals surface area contributed by atoms with Crippen LogP contribution >= 0.6 is 15.9 Å². The second-order valence-corrected chi connectivity index (χ2v) is 13.1. The highest BCUT2D eigenvalue weighted by Gasteiger charge is 2.47. The molecule has 3 aromatic heterocycles. The molecule has 250 valence electrons. The van der Waals surface area contributed by atoms with Gasteiger partial charge in [-0.25, -0.2) is 15.0 Å². The number of ether oxygens (including phenoxy) is 1. The maximum absolute atomic E-state index is 14.3. The van der Waals surface area contributed by atoms with Crippen LogP contribution in [0.3, 0.4) is 0 Å². The molecule has 0 saturated carbocycles. The van der Waals surface area contributed by atoms with Crippen molar-refractivity contribution in [2.45, 2.75) is 52.2 Å². The number of pyridine rings is 1. The third-order valence-electron chi connectivity index (χ3n) is 8.48. The van der Waals surface area contributed by atoms with Gasteiger partial charge in [0.15, 0.2) is 5.78 Å². The molecule has 13 heteroatoms. The molecule has 48 heavy (non-hydrogen) atoms. The first-order valence-electron chi connectivity index (χ1n) is 15.7. The molecule has 0 spiro atoms. The number of likely N-dealkylation sites (tertiary alicyclic amines) is 1. The molecule has 1 fully saturated rings. The number of benzene rings is 1. The maximum Gasteiger partial charge on any atom is 0.248 e. The molecular weight excluding hydrogens is 676 g/mol. The van der Waals surface area contributed by atoms with Crippen molar-refractivity contribution < 1.29 is 19.1 Å². The van der Waals surface area contributed by atoms with E-state index in [2.05, 4.69) is 47.2 Å². The number of amides is 2.